The van der Waals surface area contributed by atoms with E-state index in [1.807, 2.05) is 57.2 Å². The van der Waals surface area contributed by atoms with Gasteiger partial charge in [0.1, 0.15) is 11.8 Å². The van der Waals surface area contributed by atoms with Crippen LogP contribution in [0.15, 0.2) is 48.5 Å². The number of hydrogen-bond donors (Lipinski definition) is 1. The van der Waals surface area contributed by atoms with Gasteiger partial charge in [-0.3, -0.25) is 13.9 Å². The van der Waals surface area contributed by atoms with Crippen molar-refractivity contribution in [1.82, 2.24) is 10.2 Å². The minimum atomic E-state index is -3.52. The molecular formula is C27H39N3O5S. The van der Waals surface area contributed by atoms with Gasteiger partial charge in [-0.05, 0) is 61.6 Å². The Hall–Kier alpha value is -3.07. The molecule has 0 heterocycles. The number of nitrogens with zero attached hydrogens (tertiary/aromatic N) is 2. The van der Waals surface area contributed by atoms with Gasteiger partial charge in [0.05, 0.1) is 19.1 Å². The summed E-state index contributed by atoms with van der Waals surface area (Å²) >= 11 is 0. The van der Waals surface area contributed by atoms with Crippen molar-refractivity contribution in [2.75, 3.05) is 30.8 Å². The Morgan fingerprint density at radius 1 is 1.06 bits per heavy atom. The van der Waals surface area contributed by atoms with Crippen molar-refractivity contribution in [2.45, 2.75) is 53.1 Å². The third-order valence-corrected chi connectivity index (χ3v) is 7.00. The normalized spacial score (nSPS) is 12.2. The number of carbonyl (C=O) groups is 2. The molecule has 198 valence electrons. The Labute approximate surface area is 215 Å². The van der Waals surface area contributed by atoms with Crippen molar-refractivity contribution in [3.63, 3.8) is 0 Å². The molecule has 9 heteroatoms. The molecule has 1 atom stereocenters. The van der Waals surface area contributed by atoms with Gasteiger partial charge >= 0.3 is 0 Å². The Kier molecular flexibility index (Phi) is 10.8. The molecule has 1 N–H and O–H groups in total. The molecule has 0 spiro atoms. The summed E-state index contributed by atoms with van der Waals surface area (Å²) in [6.07, 6.45) is 1.59. The van der Waals surface area contributed by atoms with Crippen LogP contribution in [0.4, 0.5) is 5.69 Å². The van der Waals surface area contributed by atoms with E-state index in [2.05, 4.69) is 5.32 Å². The highest BCUT2D eigenvalue weighted by molar-refractivity contribution is 7.92. The van der Waals surface area contributed by atoms with Crippen molar-refractivity contribution >= 4 is 27.5 Å². The highest BCUT2D eigenvalue weighted by Crippen LogP contribution is 2.21. The number of ether oxygens (including phenoxy) is 1. The second-order valence-corrected chi connectivity index (χ2v) is 11.4. The zero-order chi connectivity index (χ0) is 26.9. The van der Waals surface area contributed by atoms with E-state index < -0.39 is 16.1 Å². The van der Waals surface area contributed by atoms with Crippen molar-refractivity contribution in [3.05, 3.63) is 59.7 Å². The molecular weight excluding hydrogens is 478 g/mol. The maximum absolute atomic E-state index is 13.3. The van der Waals surface area contributed by atoms with E-state index in [1.165, 1.54) is 4.31 Å². The molecule has 0 saturated carbocycles. The van der Waals surface area contributed by atoms with E-state index >= 15 is 0 Å². The summed E-state index contributed by atoms with van der Waals surface area (Å²) in [4.78, 5) is 27.7. The van der Waals surface area contributed by atoms with Crippen molar-refractivity contribution in [1.29, 1.82) is 0 Å². The fourth-order valence-corrected chi connectivity index (χ4v) is 4.71. The maximum atomic E-state index is 13.3. The molecule has 0 radical (unpaired) electrons. The van der Waals surface area contributed by atoms with E-state index in [-0.39, 0.29) is 37.2 Å². The maximum Gasteiger partial charge on any atom is 0.242 e. The third kappa shape index (κ3) is 8.86. The zero-order valence-corrected chi connectivity index (χ0v) is 23.0. The Morgan fingerprint density at radius 2 is 1.72 bits per heavy atom. The second kappa shape index (κ2) is 13.3. The molecule has 8 nitrogen and oxygen atoms in total. The quantitative estimate of drug-likeness (QED) is 0.437. The summed E-state index contributed by atoms with van der Waals surface area (Å²) < 4.78 is 31.4. The molecule has 2 aromatic rings. The molecule has 0 saturated heterocycles. The molecule has 0 aromatic heterocycles. The van der Waals surface area contributed by atoms with Gasteiger partial charge in [-0.15, -0.1) is 0 Å². The predicted octanol–water partition coefficient (Wildman–Crippen LogP) is 3.74. The Bertz CT molecular complexity index is 1120. The van der Waals surface area contributed by atoms with Crippen LogP contribution in [0.3, 0.4) is 0 Å². The van der Waals surface area contributed by atoms with Crippen LogP contribution in [0.1, 0.15) is 44.7 Å². The molecule has 1 unspecified atom stereocenters. The number of methoxy groups -OCH3 is 1. The van der Waals surface area contributed by atoms with Gasteiger partial charge in [-0.2, -0.15) is 0 Å². The predicted molar refractivity (Wildman–Crippen MR) is 143 cm³/mol. The van der Waals surface area contributed by atoms with Crippen LogP contribution in [-0.2, 0) is 26.2 Å². The van der Waals surface area contributed by atoms with E-state index in [0.29, 0.717) is 24.4 Å². The fourth-order valence-electron chi connectivity index (χ4n) is 3.75. The van der Waals surface area contributed by atoms with Crippen LogP contribution < -0.4 is 14.4 Å². The van der Waals surface area contributed by atoms with E-state index in [1.54, 1.807) is 31.1 Å². The number of hydrogen-bond acceptors (Lipinski definition) is 5. The van der Waals surface area contributed by atoms with Gasteiger partial charge in [0.15, 0.2) is 0 Å². The SMILES string of the molecule is COc1ccc(CN(C(=O)CCCN(c2cccc(C)c2)S(C)(=O)=O)C(C)C(=O)NCC(C)C)cc1. The lowest BCUT2D eigenvalue weighted by molar-refractivity contribution is -0.140. The first-order valence-corrected chi connectivity index (χ1v) is 14.0. The van der Waals surface area contributed by atoms with Gasteiger partial charge in [0.25, 0.3) is 0 Å². The molecule has 2 amide bonds. The third-order valence-electron chi connectivity index (χ3n) is 5.81. The molecule has 36 heavy (non-hydrogen) atoms. The van der Waals surface area contributed by atoms with Gasteiger partial charge in [0.2, 0.25) is 21.8 Å². The summed E-state index contributed by atoms with van der Waals surface area (Å²) in [5.74, 6) is 0.561. The van der Waals surface area contributed by atoms with Crippen LogP contribution in [-0.4, -0.2) is 57.6 Å². The van der Waals surface area contributed by atoms with Gasteiger partial charge in [-0.1, -0.05) is 38.1 Å². The van der Waals surface area contributed by atoms with Crippen molar-refractivity contribution in [3.8, 4) is 5.75 Å². The molecule has 0 bridgehead atoms. The number of carbonyl (C=O) groups excluding carboxylic acids is 2. The molecule has 0 aliphatic carbocycles. The first kappa shape index (κ1) is 29.2. The van der Waals surface area contributed by atoms with Crippen molar-refractivity contribution in [2.24, 2.45) is 5.92 Å². The molecule has 0 aliphatic rings. The Balaban J connectivity index is 2.16. The van der Waals surface area contributed by atoms with Crippen LogP contribution in [0.2, 0.25) is 0 Å². The molecule has 0 fully saturated rings. The van der Waals surface area contributed by atoms with Gasteiger partial charge in [0, 0.05) is 26.1 Å². The largest absolute Gasteiger partial charge is 0.497 e. The number of anilines is 1. The van der Waals surface area contributed by atoms with Gasteiger partial charge in [-0.25, -0.2) is 8.42 Å². The topological polar surface area (TPSA) is 96.0 Å². The van der Waals surface area contributed by atoms with Crippen LogP contribution in [0.5, 0.6) is 5.75 Å². The lowest BCUT2D eigenvalue weighted by Crippen LogP contribution is -2.48. The average molecular weight is 518 g/mol. The number of amides is 2. The van der Waals surface area contributed by atoms with E-state index in [0.717, 1.165) is 17.4 Å². The van der Waals surface area contributed by atoms with Crippen LogP contribution >= 0.6 is 0 Å². The first-order chi connectivity index (χ1) is 16.9. The van der Waals surface area contributed by atoms with E-state index in [9.17, 15) is 18.0 Å². The van der Waals surface area contributed by atoms with Crippen LogP contribution in [0, 0.1) is 12.8 Å². The summed E-state index contributed by atoms with van der Waals surface area (Å²) in [5.41, 5.74) is 2.38. The lowest BCUT2D eigenvalue weighted by atomic mass is 10.1. The number of benzene rings is 2. The van der Waals surface area contributed by atoms with Crippen molar-refractivity contribution < 1.29 is 22.7 Å². The van der Waals surface area contributed by atoms with Crippen LogP contribution in [0.25, 0.3) is 0 Å². The average Bonchev–Trinajstić information content (AvgIpc) is 2.82. The molecule has 0 aliphatic heterocycles. The minimum absolute atomic E-state index is 0.107. The van der Waals surface area contributed by atoms with Gasteiger partial charge < -0.3 is 15.0 Å². The number of sulfonamides is 1. The second-order valence-electron chi connectivity index (χ2n) is 9.46. The Morgan fingerprint density at radius 3 is 2.28 bits per heavy atom. The number of nitrogens with one attached hydrogen (secondary N) is 1. The minimum Gasteiger partial charge on any atom is -0.497 e. The number of rotatable bonds is 13. The smallest absolute Gasteiger partial charge is 0.242 e. The zero-order valence-electron chi connectivity index (χ0n) is 22.2. The highest BCUT2D eigenvalue weighted by atomic mass is 32.2. The highest BCUT2D eigenvalue weighted by Gasteiger charge is 2.26. The summed E-state index contributed by atoms with van der Waals surface area (Å²) in [6, 6.07) is 13.9. The standard InChI is InChI=1S/C27H39N3O5S/c1-20(2)18-28-27(32)22(4)29(19-23-12-14-25(35-5)15-13-23)26(31)11-8-16-30(36(6,33)34)24-10-7-9-21(3)17-24/h7,9-10,12-15,17,20,22H,8,11,16,18-19H2,1-6H3,(H,28,32). The lowest BCUT2D eigenvalue weighted by Gasteiger charge is -2.29. The summed E-state index contributed by atoms with van der Waals surface area (Å²) in [7, 11) is -1.94. The van der Waals surface area contributed by atoms with E-state index in [4.69, 9.17) is 4.74 Å². The summed E-state index contributed by atoms with van der Waals surface area (Å²) in [6.45, 7) is 8.57. The monoisotopic (exact) mass is 517 g/mol. The first-order valence-electron chi connectivity index (χ1n) is 12.2. The summed E-state index contributed by atoms with van der Waals surface area (Å²) in [5, 5.41) is 2.90. The number of aryl methyl sites for hydroxylation is 1. The fraction of sp³-hybridized carbons (Fsp3) is 0.481. The molecule has 2 aromatic carbocycles. The molecule has 2 rings (SSSR count).